The number of para-hydroxylation sites is 2. The normalized spacial score (nSPS) is 22.1. The average Bonchev–Trinajstić information content (AvgIpc) is 3.46. The number of anilines is 1. The van der Waals surface area contributed by atoms with E-state index in [1.54, 1.807) is 4.90 Å². The van der Waals surface area contributed by atoms with Gasteiger partial charge in [-0.2, -0.15) is 0 Å². The van der Waals surface area contributed by atoms with Gasteiger partial charge in [-0.05, 0) is 57.0 Å². The van der Waals surface area contributed by atoms with E-state index in [1.165, 1.54) is 11.3 Å². The van der Waals surface area contributed by atoms with Gasteiger partial charge in [0.25, 0.3) is 5.91 Å². The van der Waals surface area contributed by atoms with Gasteiger partial charge in [-0.25, -0.2) is 4.98 Å². The van der Waals surface area contributed by atoms with Gasteiger partial charge in [-0.3, -0.25) is 9.69 Å². The molecule has 0 saturated carbocycles. The maximum absolute atomic E-state index is 13.8. The van der Waals surface area contributed by atoms with Gasteiger partial charge < -0.3 is 18.9 Å². The lowest BCUT2D eigenvalue weighted by molar-refractivity contribution is -0.131. The van der Waals surface area contributed by atoms with Crippen molar-refractivity contribution >= 4 is 32.6 Å². The fourth-order valence-corrected chi connectivity index (χ4v) is 5.07. The van der Waals surface area contributed by atoms with Crippen molar-refractivity contribution in [2.24, 2.45) is 0 Å². The molecule has 0 N–H and O–H groups in total. The second-order valence-electron chi connectivity index (χ2n) is 7.95. The molecular formula is C24H26N2O5S. The number of carbonyl (C=O) groups is 1. The first-order chi connectivity index (χ1) is 15.6. The highest BCUT2D eigenvalue weighted by Crippen LogP contribution is 2.36. The van der Waals surface area contributed by atoms with E-state index >= 15 is 0 Å². The molecular weight excluding hydrogens is 428 g/mol. The number of aromatic nitrogens is 1. The molecule has 0 bridgehead atoms. The van der Waals surface area contributed by atoms with Crippen molar-refractivity contribution in [2.75, 3.05) is 24.7 Å². The SMILES string of the molecule is CCOc1ccc2nc(N(CC3CCCO3)C(=O)C3Oc4ccccc4OC3C)sc2c1. The molecule has 1 fully saturated rings. The third-order valence-corrected chi connectivity index (χ3v) is 6.69. The van der Waals surface area contributed by atoms with Gasteiger partial charge in [0.2, 0.25) is 6.10 Å². The number of hydrogen-bond acceptors (Lipinski definition) is 7. The monoisotopic (exact) mass is 454 g/mol. The van der Waals surface area contributed by atoms with E-state index < -0.39 is 12.2 Å². The summed E-state index contributed by atoms with van der Waals surface area (Å²) in [5, 5.41) is 0.629. The summed E-state index contributed by atoms with van der Waals surface area (Å²) in [5.74, 6) is 1.85. The van der Waals surface area contributed by atoms with Crippen LogP contribution in [0.25, 0.3) is 10.2 Å². The summed E-state index contributed by atoms with van der Waals surface area (Å²) in [7, 11) is 0. The van der Waals surface area contributed by atoms with E-state index in [-0.39, 0.29) is 12.0 Å². The topological polar surface area (TPSA) is 70.1 Å². The Morgan fingerprint density at radius 3 is 2.78 bits per heavy atom. The molecule has 168 valence electrons. The third kappa shape index (κ3) is 4.12. The largest absolute Gasteiger partial charge is 0.494 e. The lowest BCUT2D eigenvalue weighted by Crippen LogP contribution is -2.52. The number of hydrogen-bond donors (Lipinski definition) is 0. The minimum absolute atomic E-state index is 0.0166. The first-order valence-corrected chi connectivity index (χ1v) is 11.8. The first-order valence-electron chi connectivity index (χ1n) is 11.0. The molecule has 3 heterocycles. The third-order valence-electron chi connectivity index (χ3n) is 5.65. The van der Waals surface area contributed by atoms with Gasteiger partial charge in [-0.15, -0.1) is 0 Å². The van der Waals surface area contributed by atoms with Crippen LogP contribution in [0.15, 0.2) is 42.5 Å². The van der Waals surface area contributed by atoms with E-state index in [9.17, 15) is 4.79 Å². The summed E-state index contributed by atoms with van der Waals surface area (Å²) in [6.07, 6.45) is 0.707. The number of nitrogens with zero attached hydrogens (tertiary/aromatic N) is 2. The standard InChI is InChI=1S/C24H26N2O5S/c1-3-28-16-10-11-18-21(13-16)32-24(25-18)26(14-17-7-6-12-29-17)23(27)22-15(2)30-19-8-4-5-9-20(19)31-22/h4-5,8-11,13,15,17,22H,3,6-7,12,14H2,1-2H3. The molecule has 3 unspecified atom stereocenters. The molecule has 2 aromatic carbocycles. The Hall–Kier alpha value is -2.84. The summed E-state index contributed by atoms with van der Waals surface area (Å²) in [4.78, 5) is 20.2. The zero-order valence-electron chi connectivity index (χ0n) is 18.2. The summed E-state index contributed by atoms with van der Waals surface area (Å²) in [5.41, 5.74) is 0.831. The molecule has 0 aliphatic carbocycles. The second-order valence-corrected chi connectivity index (χ2v) is 8.96. The number of rotatable bonds is 6. The number of benzene rings is 2. The Morgan fingerprint density at radius 1 is 1.22 bits per heavy atom. The number of carbonyl (C=O) groups excluding carboxylic acids is 1. The van der Waals surface area contributed by atoms with Gasteiger partial charge in [0.1, 0.15) is 11.9 Å². The van der Waals surface area contributed by atoms with E-state index in [2.05, 4.69) is 0 Å². The Balaban J connectivity index is 1.46. The Kier molecular flexibility index (Phi) is 5.89. The first kappa shape index (κ1) is 21.0. The fourth-order valence-electron chi connectivity index (χ4n) is 4.06. The molecule has 5 rings (SSSR count). The van der Waals surface area contributed by atoms with E-state index in [4.69, 9.17) is 23.9 Å². The van der Waals surface area contributed by atoms with Gasteiger partial charge in [0.05, 0.1) is 29.5 Å². The molecule has 1 amide bonds. The zero-order chi connectivity index (χ0) is 22.1. The minimum atomic E-state index is -0.766. The van der Waals surface area contributed by atoms with Crippen LogP contribution in [-0.2, 0) is 9.53 Å². The lowest BCUT2D eigenvalue weighted by atomic mass is 10.1. The highest BCUT2D eigenvalue weighted by molar-refractivity contribution is 7.22. The molecule has 0 radical (unpaired) electrons. The number of thiazole rings is 1. The van der Waals surface area contributed by atoms with Crippen molar-refractivity contribution in [3.8, 4) is 17.2 Å². The molecule has 32 heavy (non-hydrogen) atoms. The van der Waals surface area contributed by atoms with Crippen LogP contribution < -0.4 is 19.1 Å². The molecule has 3 aromatic rings. The van der Waals surface area contributed by atoms with Crippen molar-refractivity contribution in [3.05, 3.63) is 42.5 Å². The van der Waals surface area contributed by atoms with E-state index in [0.717, 1.165) is 35.4 Å². The van der Waals surface area contributed by atoms with Crippen LogP contribution in [-0.4, -0.2) is 49.0 Å². The Morgan fingerprint density at radius 2 is 2.03 bits per heavy atom. The number of ether oxygens (including phenoxy) is 4. The second kappa shape index (κ2) is 8.96. The molecule has 7 nitrogen and oxygen atoms in total. The van der Waals surface area contributed by atoms with Gasteiger partial charge >= 0.3 is 0 Å². The van der Waals surface area contributed by atoms with Crippen LogP contribution in [0.5, 0.6) is 17.2 Å². The molecule has 0 spiro atoms. The lowest BCUT2D eigenvalue weighted by Gasteiger charge is -2.34. The summed E-state index contributed by atoms with van der Waals surface area (Å²) >= 11 is 1.47. The molecule has 1 aromatic heterocycles. The van der Waals surface area contributed by atoms with E-state index in [0.29, 0.717) is 29.8 Å². The predicted molar refractivity (Wildman–Crippen MR) is 123 cm³/mol. The van der Waals surface area contributed by atoms with Crippen LogP contribution in [0.3, 0.4) is 0 Å². The molecule has 2 aliphatic rings. The van der Waals surface area contributed by atoms with E-state index in [1.807, 2.05) is 56.3 Å². The van der Waals surface area contributed by atoms with Crippen LogP contribution in [0, 0.1) is 0 Å². The molecule has 8 heteroatoms. The van der Waals surface area contributed by atoms with Crippen molar-refractivity contribution < 1.29 is 23.7 Å². The van der Waals surface area contributed by atoms with Gasteiger partial charge in [0, 0.05) is 6.61 Å². The average molecular weight is 455 g/mol. The highest BCUT2D eigenvalue weighted by atomic mass is 32.1. The van der Waals surface area contributed by atoms with Crippen molar-refractivity contribution in [1.29, 1.82) is 0 Å². The van der Waals surface area contributed by atoms with Gasteiger partial charge in [-0.1, -0.05) is 23.5 Å². The van der Waals surface area contributed by atoms with Crippen LogP contribution in [0.1, 0.15) is 26.7 Å². The summed E-state index contributed by atoms with van der Waals surface area (Å²) in [6.45, 7) is 5.56. The Labute approximate surface area is 190 Å². The smallest absolute Gasteiger partial charge is 0.273 e. The van der Waals surface area contributed by atoms with Crippen molar-refractivity contribution in [1.82, 2.24) is 4.98 Å². The highest BCUT2D eigenvalue weighted by Gasteiger charge is 2.39. The van der Waals surface area contributed by atoms with Crippen LogP contribution in [0.4, 0.5) is 5.13 Å². The predicted octanol–water partition coefficient (Wildman–Crippen LogP) is 4.44. The number of fused-ring (bicyclic) bond motifs is 2. The quantitative estimate of drug-likeness (QED) is 0.549. The maximum Gasteiger partial charge on any atom is 0.273 e. The molecule has 2 aliphatic heterocycles. The number of amides is 1. The minimum Gasteiger partial charge on any atom is -0.494 e. The zero-order valence-corrected chi connectivity index (χ0v) is 19.0. The Bertz CT molecular complexity index is 1110. The fraction of sp³-hybridized carbons (Fsp3) is 0.417. The summed E-state index contributed by atoms with van der Waals surface area (Å²) < 4.78 is 24.5. The van der Waals surface area contributed by atoms with Gasteiger partial charge in [0.15, 0.2) is 16.6 Å². The molecule has 1 saturated heterocycles. The van der Waals surface area contributed by atoms with Crippen molar-refractivity contribution in [2.45, 2.75) is 45.0 Å². The summed E-state index contributed by atoms with van der Waals surface area (Å²) in [6, 6.07) is 13.2. The van der Waals surface area contributed by atoms with Crippen LogP contribution >= 0.6 is 11.3 Å². The van der Waals surface area contributed by atoms with Crippen LogP contribution in [0.2, 0.25) is 0 Å². The molecule has 3 atom stereocenters. The van der Waals surface area contributed by atoms with Crippen molar-refractivity contribution in [3.63, 3.8) is 0 Å². The maximum atomic E-state index is 13.8.